The van der Waals surface area contributed by atoms with Crippen molar-refractivity contribution in [3.8, 4) is 0 Å². The number of hydrogen-bond donors (Lipinski definition) is 1. The molecule has 2 rings (SSSR count). The number of amides is 2. The van der Waals surface area contributed by atoms with E-state index >= 15 is 0 Å². The van der Waals surface area contributed by atoms with E-state index in [1.165, 1.54) is 19.1 Å². The Morgan fingerprint density at radius 1 is 0.966 bits per heavy atom. The van der Waals surface area contributed by atoms with Crippen LogP contribution in [0, 0.1) is 13.8 Å². The lowest BCUT2D eigenvalue weighted by molar-refractivity contribution is -0.143. The van der Waals surface area contributed by atoms with E-state index in [0.29, 0.717) is 5.56 Å². The molecular formula is C22H28N2O5. The average Bonchev–Trinajstić information content (AvgIpc) is 2.71. The molecule has 2 aromatic rings. The van der Waals surface area contributed by atoms with Crippen LogP contribution in [0.1, 0.15) is 28.4 Å². The fraction of sp³-hybridized carbons (Fsp3) is 0.318. The normalized spacial score (nSPS) is 10.9. The molecule has 0 radical (unpaired) electrons. The Bertz CT molecular complexity index is 816. The fourth-order valence-electron chi connectivity index (χ4n) is 2.79. The average molecular weight is 400 g/mol. The Morgan fingerprint density at radius 3 is 1.93 bits per heavy atom. The number of carbonyl (C=O) groups is 3. The minimum Gasteiger partial charge on any atom is -0.467 e. The van der Waals surface area contributed by atoms with Crippen LogP contribution in [0.15, 0.2) is 48.5 Å². The predicted octanol–water partition coefficient (Wildman–Crippen LogP) is 2.63. The van der Waals surface area contributed by atoms with Crippen molar-refractivity contribution in [2.45, 2.75) is 26.8 Å². The van der Waals surface area contributed by atoms with Gasteiger partial charge in [0, 0.05) is 12.7 Å². The number of nitrogens with zero attached hydrogens (tertiary/aromatic N) is 1. The molecule has 29 heavy (non-hydrogen) atoms. The molecule has 1 unspecified atom stereocenters. The zero-order chi connectivity index (χ0) is 22.0. The lowest BCUT2D eigenvalue weighted by atomic mass is 10.1. The molecule has 0 bridgehead atoms. The molecule has 0 saturated carbocycles. The summed E-state index contributed by atoms with van der Waals surface area (Å²) in [4.78, 5) is 36.0. The van der Waals surface area contributed by atoms with Crippen molar-refractivity contribution < 1.29 is 23.9 Å². The van der Waals surface area contributed by atoms with E-state index in [9.17, 15) is 14.4 Å². The van der Waals surface area contributed by atoms with Gasteiger partial charge in [0.15, 0.2) is 0 Å². The van der Waals surface area contributed by atoms with Crippen LogP contribution in [0.5, 0.6) is 0 Å². The summed E-state index contributed by atoms with van der Waals surface area (Å²) in [5, 5.41) is 0. The van der Waals surface area contributed by atoms with Crippen molar-refractivity contribution >= 4 is 23.5 Å². The highest BCUT2D eigenvalue weighted by Crippen LogP contribution is 2.27. The second-order valence-corrected chi connectivity index (χ2v) is 6.37. The van der Waals surface area contributed by atoms with Gasteiger partial charge in [0.25, 0.3) is 5.91 Å². The first-order chi connectivity index (χ1) is 13.7. The van der Waals surface area contributed by atoms with Crippen LogP contribution in [0.2, 0.25) is 0 Å². The van der Waals surface area contributed by atoms with Crippen molar-refractivity contribution in [3.05, 3.63) is 65.2 Å². The van der Waals surface area contributed by atoms with Gasteiger partial charge in [-0.25, -0.2) is 4.79 Å². The Balaban J connectivity index is 0.000000387. The molecule has 0 aliphatic carbocycles. The monoisotopic (exact) mass is 400 g/mol. The molecule has 2 amide bonds. The summed E-state index contributed by atoms with van der Waals surface area (Å²) in [5.74, 6) is -1.12. The number of carbonyl (C=O) groups excluding carboxylic acids is 3. The van der Waals surface area contributed by atoms with Gasteiger partial charge in [-0.15, -0.1) is 0 Å². The van der Waals surface area contributed by atoms with Crippen LogP contribution in [0.4, 0.5) is 5.69 Å². The fourth-order valence-corrected chi connectivity index (χ4v) is 2.79. The highest BCUT2D eigenvalue weighted by molar-refractivity contribution is 6.01. The van der Waals surface area contributed by atoms with Crippen molar-refractivity contribution in [2.75, 3.05) is 25.7 Å². The van der Waals surface area contributed by atoms with Gasteiger partial charge in [0.2, 0.25) is 5.91 Å². The van der Waals surface area contributed by atoms with Gasteiger partial charge in [-0.2, -0.15) is 0 Å². The molecule has 1 atom stereocenters. The number of nitrogens with two attached hydrogens (primary N) is 1. The maximum Gasteiger partial charge on any atom is 0.328 e. The Kier molecular flexibility index (Phi) is 9.55. The van der Waals surface area contributed by atoms with E-state index < -0.39 is 12.0 Å². The molecule has 0 saturated heterocycles. The van der Waals surface area contributed by atoms with Crippen LogP contribution in [0.25, 0.3) is 0 Å². The summed E-state index contributed by atoms with van der Waals surface area (Å²) in [6.07, 6.45) is 0. The SMILES string of the molecule is COCC(=O)N(c1c(C)cccc1C)C(C)C(=O)OC.NC(=O)c1ccccc1. The molecule has 0 aromatic heterocycles. The van der Waals surface area contributed by atoms with Crippen molar-refractivity contribution in [3.63, 3.8) is 0 Å². The molecule has 7 heteroatoms. The number of ether oxygens (including phenoxy) is 2. The summed E-state index contributed by atoms with van der Waals surface area (Å²) in [5.41, 5.74) is 8.10. The number of aryl methyl sites for hydroxylation is 2. The molecule has 0 aliphatic heterocycles. The van der Waals surface area contributed by atoms with E-state index in [1.807, 2.05) is 38.1 Å². The van der Waals surface area contributed by atoms with Crippen molar-refractivity contribution in [1.82, 2.24) is 0 Å². The lowest BCUT2D eigenvalue weighted by Crippen LogP contribution is -2.46. The maximum atomic E-state index is 12.3. The summed E-state index contributed by atoms with van der Waals surface area (Å²) in [6, 6.07) is 13.8. The van der Waals surface area contributed by atoms with Crippen LogP contribution in [-0.4, -0.2) is 44.7 Å². The third kappa shape index (κ3) is 6.73. The summed E-state index contributed by atoms with van der Waals surface area (Å²) in [6.45, 7) is 5.36. The molecule has 0 fully saturated rings. The van der Waals surface area contributed by atoms with Crippen LogP contribution >= 0.6 is 0 Å². The van der Waals surface area contributed by atoms with E-state index in [1.54, 1.807) is 31.2 Å². The Morgan fingerprint density at radius 2 is 1.52 bits per heavy atom. The summed E-state index contributed by atoms with van der Waals surface area (Å²) >= 11 is 0. The van der Waals surface area contributed by atoms with E-state index in [0.717, 1.165) is 16.8 Å². The first kappa shape index (κ1) is 23.8. The number of esters is 1. The summed E-state index contributed by atoms with van der Waals surface area (Å²) < 4.78 is 9.65. The number of rotatable bonds is 6. The number of primary amides is 1. The van der Waals surface area contributed by atoms with Gasteiger partial charge in [-0.3, -0.25) is 14.5 Å². The highest BCUT2D eigenvalue weighted by atomic mass is 16.5. The zero-order valence-corrected chi connectivity index (χ0v) is 17.5. The summed E-state index contributed by atoms with van der Waals surface area (Å²) in [7, 11) is 2.76. The predicted molar refractivity (Wildman–Crippen MR) is 112 cm³/mol. The topological polar surface area (TPSA) is 98.9 Å². The van der Waals surface area contributed by atoms with Gasteiger partial charge in [0.1, 0.15) is 12.6 Å². The molecule has 0 aliphatic rings. The number of methoxy groups -OCH3 is 2. The number of para-hydroxylation sites is 1. The van der Waals surface area contributed by atoms with Gasteiger partial charge in [-0.05, 0) is 44.0 Å². The third-order valence-electron chi connectivity index (χ3n) is 4.20. The van der Waals surface area contributed by atoms with E-state index in [-0.39, 0.29) is 18.4 Å². The zero-order valence-electron chi connectivity index (χ0n) is 17.5. The highest BCUT2D eigenvalue weighted by Gasteiger charge is 2.29. The standard InChI is InChI=1S/C15H21NO4.C7H7NO/c1-10-7-6-8-11(2)14(10)16(13(17)9-19-4)12(3)15(18)20-5;8-7(9)6-4-2-1-3-5-6/h6-8,12H,9H2,1-5H3;1-5H,(H2,8,9). The second kappa shape index (κ2) is 11.6. The number of hydrogen-bond acceptors (Lipinski definition) is 5. The molecule has 0 heterocycles. The van der Waals surface area contributed by atoms with Gasteiger partial charge < -0.3 is 15.2 Å². The number of benzene rings is 2. The first-order valence-corrected chi connectivity index (χ1v) is 9.04. The minimum atomic E-state index is -0.706. The van der Waals surface area contributed by atoms with Crippen LogP contribution in [0.3, 0.4) is 0 Å². The first-order valence-electron chi connectivity index (χ1n) is 9.04. The van der Waals surface area contributed by atoms with Gasteiger partial charge in [0.05, 0.1) is 12.8 Å². The van der Waals surface area contributed by atoms with Crippen LogP contribution in [-0.2, 0) is 19.1 Å². The quantitative estimate of drug-likeness (QED) is 0.752. The van der Waals surface area contributed by atoms with Crippen molar-refractivity contribution in [2.24, 2.45) is 5.73 Å². The molecule has 2 N–H and O–H groups in total. The van der Waals surface area contributed by atoms with E-state index in [2.05, 4.69) is 0 Å². The van der Waals surface area contributed by atoms with E-state index in [4.69, 9.17) is 15.2 Å². The molecule has 2 aromatic carbocycles. The second-order valence-electron chi connectivity index (χ2n) is 6.37. The van der Waals surface area contributed by atoms with Crippen molar-refractivity contribution in [1.29, 1.82) is 0 Å². The lowest BCUT2D eigenvalue weighted by Gasteiger charge is -2.30. The molecule has 156 valence electrons. The largest absolute Gasteiger partial charge is 0.467 e. The van der Waals surface area contributed by atoms with Gasteiger partial charge in [-0.1, -0.05) is 36.4 Å². The maximum absolute atomic E-state index is 12.3. The smallest absolute Gasteiger partial charge is 0.328 e. The van der Waals surface area contributed by atoms with Gasteiger partial charge >= 0.3 is 5.97 Å². The molecular weight excluding hydrogens is 372 g/mol. The number of anilines is 1. The third-order valence-corrected chi connectivity index (χ3v) is 4.20. The van der Waals surface area contributed by atoms with Crippen LogP contribution < -0.4 is 10.6 Å². The Labute approximate surface area is 171 Å². The molecule has 0 spiro atoms. The minimum absolute atomic E-state index is 0.0882. The Hall–Kier alpha value is -3.19. The molecule has 7 nitrogen and oxygen atoms in total.